The number of hydrogen-bond donors (Lipinski definition) is 1. The molecule has 0 saturated carbocycles. The maximum Gasteiger partial charge on any atom is 0.292 e. The molecule has 35 heavy (non-hydrogen) atoms. The van der Waals surface area contributed by atoms with Gasteiger partial charge in [-0.1, -0.05) is 12.1 Å². The molecule has 1 aromatic carbocycles. The van der Waals surface area contributed by atoms with Crippen LogP contribution in [0.25, 0.3) is 22.6 Å². The Bertz CT molecular complexity index is 1570. The Labute approximate surface area is 195 Å². The number of nitrogens with one attached hydrogen (secondary N) is 1. The number of furan rings is 1. The maximum absolute atomic E-state index is 15.5. The van der Waals surface area contributed by atoms with Gasteiger partial charge in [0.1, 0.15) is 17.3 Å². The van der Waals surface area contributed by atoms with E-state index in [0.29, 0.717) is 29.1 Å². The summed E-state index contributed by atoms with van der Waals surface area (Å²) in [6, 6.07) is 5.43. The van der Waals surface area contributed by atoms with E-state index < -0.39 is 35.6 Å². The van der Waals surface area contributed by atoms with E-state index in [0.717, 1.165) is 0 Å². The number of rotatable bonds is 4. The van der Waals surface area contributed by atoms with Gasteiger partial charge in [-0.3, -0.25) is 4.79 Å². The van der Waals surface area contributed by atoms with Crippen LogP contribution in [0.4, 0.5) is 13.2 Å². The van der Waals surface area contributed by atoms with Crippen LogP contribution in [0.15, 0.2) is 52.0 Å². The predicted octanol–water partition coefficient (Wildman–Crippen LogP) is 4.41. The number of aromatic amines is 1. The summed E-state index contributed by atoms with van der Waals surface area (Å²) in [6.45, 7) is 0.0829. The van der Waals surface area contributed by atoms with Crippen LogP contribution in [-0.4, -0.2) is 41.9 Å². The van der Waals surface area contributed by atoms with Crippen LogP contribution in [0.3, 0.4) is 0 Å². The summed E-state index contributed by atoms with van der Waals surface area (Å²) in [7, 11) is 1.64. The molecule has 1 aliphatic heterocycles. The van der Waals surface area contributed by atoms with Gasteiger partial charge in [0.25, 0.3) is 12.3 Å². The molecule has 0 unspecified atom stereocenters. The van der Waals surface area contributed by atoms with E-state index in [-0.39, 0.29) is 23.6 Å². The Hall–Kier alpha value is -4.35. The molecule has 0 radical (unpaired) electrons. The summed E-state index contributed by atoms with van der Waals surface area (Å²) in [5.41, 5.74) is 0.872. The first-order chi connectivity index (χ1) is 16.9. The predicted molar refractivity (Wildman–Crippen MR) is 115 cm³/mol. The lowest BCUT2D eigenvalue weighted by Crippen LogP contribution is -2.41. The van der Waals surface area contributed by atoms with Crippen molar-refractivity contribution >= 4 is 16.9 Å². The number of H-pyrrole nitrogens is 1. The molecule has 5 aromatic rings. The molecule has 0 spiro atoms. The molecule has 5 heterocycles. The van der Waals surface area contributed by atoms with Gasteiger partial charge in [0.2, 0.25) is 11.7 Å². The van der Waals surface area contributed by atoms with E-state index >= 15 is 4.39 Å². The fraction of sp³-hybridized carbons (Fsp3) is 0.217. The molecule has 9 nitrogen and oxygen atoms in total. The number of amides is 1. The van der Waals surface area contributed by atoms with Gasteiger partial charge in [0.05, 0.1) is 29.9 Å². The summed E-state index contributed by atoms with van der Waals surface area (Å²) in [4.78, 5) is 30.0. The second-order valence-corrected chi connectivity index (χ2v) is 8.12. The van der Waals surface area contributed by atoms with E-state index in [2.05, 4.69) is 19.9 Å². The molecule has 178 valence electrons. The normalized spacial score (nSPS) is 15.8. The summed E-state index contributed by atoms with van der Waals surface area (Å²) in [5.74, 6) is -2.47. The van der Waals surface area contributed by atoms with Crippen molar-refractivity contribution in [2.24, 2.45) is 7.05 Å². The van der Waals surface area contributed by atoms with Gasteiger partial charge in [-0.15, -0.1) is 0 Å². The quantitative estimate of drug-likeness (QED) is 0.407. The minimum Gasteiger partial charge on any atom is -0.455 e. The molecule has 1 atom stereocenters. The van der Waals surface area contributed by atoms with Crippen molar-refractivity contribution in [2.75, 3.05) is 6.54 Å². The molecule has 0 saturated heterocycles. The monoisotopic (exact) mass is 482 g/mol. The Balaban J connectivity index is 1.48. The third-order valence-electron chi connectivity index (χ3n) is 6.08. The zero-order chi connectivity index (χ0) is 24.3. The van der Waals surface area contributed by atoms with Gasteiger partial charge >= 0.3 is 0 Å². The zero-order valence-electron chi connectivity index (χ0n) is 18.2. The third-order valence-corrected chi connectivity index (χ3v) is 6.08. The van der Waals surface area contributed by atoms with Crippen LogP contribution in [0.1, 0.15) is 45.9 Å². The topological polar surface area (TPSA) is 106 Å². The number of para-hydroxylation sites is 1. The van der Waals surface area contributed by atoms with Crippen LogP contribution in [0.2, 0.25) is 0 Å². The number of nitrogens with zero attached hydrogens (tertiary/aromatic N) is 5. The Kier molecular flexibility index (Phi) is 4.76. The zero-order valence-corrected chi connectivity index (χ0v) is 18.2. The molecule has 0 fully saturated rings. The highest BCUT2D eigenvalue weighted by Gasteiger charge is 2.42. The van der Waals surface area contributed by atoms with Gasteiger partial charge in [-0.2, -0.15) is 0 Å². The minimum absolute atomic E-state index is 0.0829. The largest absolute Gasteiger partial charge is 0.455 e. The van der Waals surface area contributed by atoms with Crippen molar-refractivity contribution in [3.63, 3.8) is 0 Å². The van der Waals surface area contributed by atoms with Gasteiger partial charge in [0.15, 0.2) is 17.3 Å². The average Bonchev–Trinajstić information content (AvgIpc) is 3.64. The molecule has 1 amide bonds. The van der Waals surface area contributed by atoms with E-state index in [1.165, 1.54) is 28.3 Å². The highest BCUT2D eigenvalue weighted by Crippen LogP contribution is 2.40. The van der Waals surface area contributed by atoms with E-state index in [4.69, 9.17) is 8.83 Å². The number of carbonyl (C=O) groups is 1. The van der Waals surface area contributed by atoms with Crippen molar-refractivity contribution in [1.82, 2.24) is 29.4 Å². The first kappa shape index (κ1) is 21.2. The van der Waals surface area contributed by atoms with Crippen molar-refractivity contribution in [1.29, 1.82) is 0 Å². The number of carbonyl (C=O) groups excluding carboxylic acids is 1. The van der Waals surface area contributed by atoms with Crippen LogP contribution >= 0.6 is 0 Å². The van der Waals surface area contributed by atoms with E-state index in [9.17, 15) is 13.6 Å². The number of hydrogen-bond acceptors (Lipinski definition) is 6. The molecule has 4 aromatic heterocycles. The van der Waals surface area contributed by atoms with E-state index in [1.807, 2.05) is 0 Å². The number of oxazole rings is 1. The number of fused-ring (bicyclic) bond motifs is 2. The Morgan fingerprint density at radius 2 is 2.09 bits per heavy atom. The number of aromatic nitrogens is 5. The third kappa shape index (κ3) is 3.24. The van der Waals surface area contributed by atoms with Gasteiger partial charge in [0, 0.05) is 25.7 Å². The fourth-order valence-electron chi connectivity index (χ4n) is 4.41. The number of alkyl halides is 2. The Morgan fingerprint density at radius 3 is 2.83 bits per heavy atom. The number of aryl methyl sites for hydroxylation is 1. The van der Waals surface area contributed by atoms with Crippen LogP contribution in [-0.2, 0) is 13.5 Å². The molecule has 6 rings (SSSR count). The summed E-state index contributed by atoms with van der Waals surface area (Å²) in [5, 5.41) is 0.240. The summed E-state index contributed by atoms with van der Waals surface area (Å²) >= 11 is 0. The first-order valence-corrected chi connectivity index (χ1v) is 10.7. The lowest BCUT2D eigenvalue weighted by atomic mass is 9.99. The number of imidazole rings is 2. The highest BCUT2D eigenvalue weighted by molar-refractivity contribution is 5.94. The fourth-order valence-corrected chi connectivity index (χ4v) is 4.41. The average molecular weight is 482 g/mol. The molecule has 0 aliphatic carbocycles. The summed E-state index contributed by atoms with van der Waals surface area (Å²) in [6.07, 6.45) is 1.55. The number of benzene rings is 1. The van der Waals surface area contributed by atoms with Crippen LogP contribution < -0.4 is 0 Å². The van der Waals surface area contributed by atoms with Crippen molar-refractivity contribution < 1.29 is 26.8 Å². The molecular weight excluding hydrogens is 465 g/mol. The van der Waals surface area contributed by atoms with Crippen molar-refractivity contribution in [2.45, 2.75) is 18.9 Å². The second-order valence-electron chi connectivity index (χ2n) is 8.12. The van der Waals surface area contributed by atoms with Crippen LogP contribution in [0.5, 0.6) is 0 Å². The van der Waals surface area contributed by atoms with Gasteiger partial charge < -0.3 is 23.3 Å². The molecular formula is C23H17F3N6O3. The molecule has 0 bridgehead atoms. The van der Waals surface area contributed by atoms with Crippen molar-refractivity contribution in [3.05, 3.63) is 77.5 Å². The van der Waals surface area contributed by atoms with Gasteiger partial charge in [-0.05, 0) is 12.1 Å². The summed E-state index contributed by atoms with van der Waals surface area (Å²) < 4.78 is 56.2. The van der Waals surface area contributed by atoms with E-state index in [1.54, 1.807) is 31.3 Å². The molecule has 12 heteroatoms. The van der Waals surface area contributed by atoms with Gasteiger partial charge in [-0.25, -0.2) is 28.1 Å². The second kappa shape index (κ2) is 7.86. The molecule has 1 N–H and O–H groups in total. The lowest BCUT2D eigenvalue weighted by molar-refractivity contribution is 0.0622. The lowest BCUT2D eigenvalue weighted by Gasteiger charge is -2.33. The standard InChI is InChI=1S/C23H17F3N6O3/c1-31-10-27-8-13(31)22-30-17(21(25)26)20(35-22)23(33)32-7-6-12-16(29-9-28-12)18(32)19-15(24)11-4-2-3-5-14(11)34-19/h2-5,8-10,18,21H,6-7H2,1H3,(H,28,29)/t18-/m0/s1. The smallest absolute Gasteiger partial charge is 0.292 e. The first-order valence-electron chi connectivity index (χ1n) is 10.7. The number of halogens is 3. The maximum atomic E-state index is 15.5. The minimum atomic E-state index is -3.08. The molecule has 1 aliphatic rings. The van der Waals surface area contributed by atoms with Crippen molar-refractivity contribution in [3.8, 4) is 11.6 Å². The highest BCUT2D eigenvalue weighted by atomic mass is 19.3. The Morgan fingerprint density at radius 1 is 1.26 bits per heavy atom. The SMILES string of the molecule is Cn1cncc1-c1nc(C(F)F)c(C(=O)N2CCc3[nH]cnc3[C@H]2c2oc3ccccc3c2F)o1. The van der Waals surface area contributed by atoms with Crippen LogP contribution in [0, 0.1) is 5.82 Å².